The number of carbonyl (C=O) groups is 1. The molecule has 1 aliphatic heterocycles. The molecule has 0 aromatic heterocycles. The minimum absolute atomic E-state index is 0.0534. The van der Waals surface area contributed by atoms with Crippen molar-refractivity contribution >= 4 is 23.0 Å². The Bertz CT molecular complexity index is 742. The van der Waals surface area contributed by atoms with Gasteiger partial charge in [0.2, 0.25) is 0 Å². The third-order valence-corrected chi connectivity index (χ3v) is 4.10. The van der Waals surface area contributed by atoms with E-state index in [0.29, 0.717) is 30.3 Å². The van der Waals surface area contributed by atoms with Gasteiger partial charge in [0.25, 0.3) is 5.91 Å². The molecule has 0 spiro atoms. The van der Waals surface area contributed by atoms with Crippen LogP contribution in [-0.4, -0.2) is 38.8 Å². The van der Waals surface area contributed by atoms with E-state index in [0.717, 1.165) is 24.3 Å². The van der Waals surface area contributed by atoms with Crippen molar-refractivity contribution in [2.24, 2.45) is 0 Å². The number of aryl methyl sites for hydroxylation is 1. The Morgan fingerprint density at radius 3 is 2.76 bits per heavy atom. The summed E-state index contributed by atoms with van der Waals surface area (Å²) in [7, 11) is 0. The van der Waals surface area contributed by atoms with Crippen LogP contribution in [0.25, 0.3) is 0 Å². The number of nitrogen functional groups attached to an aromatic ring is 1. The van der Waals surface area contributed by atoms with Crippen molar-refractivity contribution in [3.8, 4) is 5.75 Å². The highest BCUT2D eigenvalue weighted by atomic mass is 16.5. The number of benzene rings is 2. The number of morpholine rings is 1. The van der Waals surface area contributed by atoms with Crippen molar-refractivity contribution in [2.75, 3.05) is 48.9 Å². The normalized spacial score (nSPS) is 14.2. The third-order valence-electron chi connectivity index (χ3n) is 4.10. The molecule has 0 aliphatic carbocycles. The van der Waals surface area contributed by atoms with Crippen molar-refractivity contribution < 1.29 is 14.3 Å². The maximum absolute atomic E-state index is 12.3. The van der Waals surface area contributed by atoms with Gasteiger partial charge in [-0.2, -0.15) is 0 Å². The Hall–Kier alpha value is -2.73. The number of hydrogen-bond donors (Lipinski definition) is 2. The maximum atomic E-state index is 12.3. The minimum atomic E-state index is -0.219. The average Bonchev–Trinajstić information content (AvgIpc) is 2.62. The molecule has 6 heteroatoms. The first-order chi connectivity index (χ1) is 12.1. The number of anilines is 3. The zero-order chi connectivity index (χ0) is 17.6. The van der Waals surface area contributed by atoms with Gasteiger partial charge in [0.1, 0.15) is 5.75 Å². The van der Waals surface area contributed by atoms with Crippen LogP contribution in [0.1, 0.15) is 5.56 Å². The van der Waals surface area contributed by atoms with Gasteiger partial charge in [0.15, 0.2) is 6.61 Å². The molecular formula is C19H23N3O3. The van der Waals surface area contributed by atoms with Gasteiger partial charge < -0.3 is 25.4 Å². The van der Waals surface area contributed by atoms with Gasteiger partial charge in [-0.15, -0.1) is 0 Å². The molecule has 1 heterocycles. The lowest BCUT2D eigenvalue weighted by Gasteiger charge is -2.30. The van der Waals surface area contributed by atoms with Crippen molar-refractivity contribution in [3.63, 3.8) is 0 Å². The van der Waals surface area contributed by atoms with Gasteiger partial charge in [-0.05, 0) is 36.8 Å². The lowest BCUT2D eigenvalue weighted by atomic mass is 10.2. The topological polar surface area (TPSA) is 76.8 Å². The second kappa shape index (κ2) is 7.90. The van der Waals surface area contributed by atoms with Gasteiger partial charge in [-0.25, -0.2) is 0 Å². The van der Waals surface area contributed by atoms with Crippen molar-refractivity contribution in [1.29, 1.82) is 0 Å². The second-order valence-electron chi connectivity index (χ2n) is 5.98. The molecule has 6 nitrogen and oxygen atoms in total. The summed E-state index contributed by atoms with van der Waals surface area (Å²) in [5.74, 6) is 0.488. The van der Waals surface area contributed by atoms with E-state index in [1.165, 1.54) is 0 Å². The first kappa shape index (κ1) is 17.1. The molecule has 1 fully saturated rings. The van der Waals surface area contributed by atoms with Gasteiger partial charge in [0.05, 0.1) is 24.6 Å². The van der Waals surface area contributed by atoms with Crippen LogP contribution >= 0.6 is 0 Å². The zero-order valence-electron chi connectivity index (χ0n) is 14.3. The van der Waals surface area contributed by atoms with E-state index < -0.39 is 0 Å². The predicted molar refractivity (Wildman–Crippen MR) is 99.2 cm³/mol. The van der Waals surface area contributed by atoms with Crippen molar-refractivity contribution in [2.45, 2.75) is 6.92 Å². The molecule has 0 unspecified atom stereocenters. The van der Waals surface area contributed by atoms with Gasteiger partial charge in [-0.1, -0.05) is 18.2 Å². The van der Waals surface area contributed by atoms with Gasteiger partial charge in [-0.3, -0.25) is 4.79 Å². The molecule has 0 radical (unpaired) electrons. The summed E-state index contributed by atoms with van der Waals surface area (Å²) in [6.45, 7) is 4.81. The van der Waals surface area contributed by atoms with E-state index in [4.69, 9.17) is 15.2 Å². The highest BCUT2D eigenvalue weighted by Gasteiger charge is 2.16. The quantitative estimate of drug-likeness (QED) is 0.817. The highest BCUT2D eigenvalue weighted by Crippen LogP contribution is 2.29. The van der Waals surface area contributed by atoms with Crippen molar-refractivity contribution in [1.82, 2.24) is 0 Å². The Morgan fingerprint density at radius 1 is 1.24 bits per heavy atom. The van der Waals surface area contributed by atoms with Crippen LogP contribution in [0.3, 0.4) is 0 Å². The van der Waals surface area contributed by atoms with Crippen LogP contribution in [0.2, 0.25) is 0 Å². The first-order valence-corrected chi connectivity index (χ1v) is 8.34. The molecule has 132 valence electrons. The van der Waals surface area contributed by atoms with Crippen LogP contribution in [0, 0.1) is 6.92 Å². The molecule has 0 bridgehead atoms. The summed E-state index contributed by atoms with van der Waals surface area (Å²) in [6.07, 6.45) is 0. The molecule has 0 atom stereocenters. The Labute approximate surface area is 147 Å². The Balaban J connectivity index is 1.68. The van der Waals surface area contributed by atoms with E-state index in [-0.39, 0.29) is 12.5 Å². The number of nitrogens with one attached hydrogen (secondary N) is 1. The summed E-state index contributed by atoms with van der Waals surface area (Å²) in [6, 6.07) is 13.2. The summed E-state index contributed by atoms with van der Waals surface area (Å²) in [4.78, 5) is 14.5. The number of hydrogen-bond acceptors (Lipinski definition) is 5. The van der Waals surface area contributed by atoms with Crippen LogP contribution < -0.4 is 20.7 Å². The number of carbonyl (C=O) groups excluding carboxylic acids is 1. The molecule has 2 aromatic rings. The third kappa shape index (κ3) is 4.42. The van der Waals surface area contributed by atoms with Crippen LogP contribution in [0.15, 0.2) is 42.5 Å². The molecule has 1 saturated heterocycles. The van der Waals surface area contributed by atoms with Gasteiger partial charge >= 0.3 is 0 Å². The van der Waals surface area contributed by atoms with E-state index in [1.54, 1.807) is 6.07 Å². The maximum Gasteiger partial charge on any atom is 0.262 e. The number of nitrogens with two attached hydrogens (primary N) is 1. The lowest BCUT2D eigenvalue weighted by Crippen LogP contribution is -2.37. The van der Waals surface area contributed by atoms with Crippen LogP contribution in [0.4, 0.5) is 17.1 Å². The van der Waals surface area contributed by atoms with E-state index in [1.807, 2.05) is 43.3 Å². The van der Waals surface area contributed by atoms with Crippen LogP contribution in [0.5, 0.6) is 5.75 Å². The molecule has 1 aliphatic rings. The summed E-state index contributed by atoms with van der Waals surface area (Å²) >= 11 is 0. The Morgan fingerprint density at radius 2 is 2.00 bits per heavy atom. The monoisotopic (exact) mass is 341 g/mol. The average molecular weight is 341 g/mol. The number of amides is 1. The summed E-state index contributed by atoms with van der Waals surface area (Å²) in [5, 5.41) is 2.91. The standard InChI is InChI=1S/C19H23N3O3/c1-14-4-2-3-5-18(14)25-13-19(23)21-16-12-15(20)6-7-17(16)22-8-10-24-11-9-22/h2-7,12H,8-11,13,20H2,1H3,(H,21,23). The first-order valence-electron chi connectivity index (χ1n) is 8.34. The van der Waals surface area contributed by atoms with Crippen LogP contribution in [-0.2, 0) is 9.53 Å². The number of rotatable bonds is 5. The molecular weight excluding hydrogens is 318 g/mol. The summed E-state index contributed by atoms with van der Waals surface area (Å²) in [5.41, 5.74) is 9.13. The fraction of sp³-hybridized carbons (Fsp3) is 0.316. The number of para-hydroxylation sites is 1. The number of ether oxygens (including phenoxy) is 2. The largest absolute Gasteiger partial charge is 0.483 e. The molecule has 25 heavy (non-hydrogen) atoms. The second-order valence-corrected chi connectivity index (χ2v) is 5.98. The minimum Gasteiger partial charge on any atom is -0.483 e. The zero-order valence-corrected chi connectivity index (χ0v) is 14.3. The number of nitrogens with zero attached hydrogens (tertiary/aromatic N) is 1. The molecule has 2 aromatic carbocycles. The SMILES string of the molecule is Cc1ccccc1OCC(=O)Nc1cc(N)ccc1N1CCOCC1. The Kier molecular flexibility index (Phi) is 5.40. The molecule has 3 N–H and O–H groups in total. The predicted octanol–water partition coefficient (Wildman–Crippen LogP) is 2.43. The molecule has 0 saturated carbocycles. The summed E-state index contributed by atoms with van der Waals surface area (Å²) < 4.78 is 11.0. The van der Waals surface area contributed by atoms with Crippen molar-refractivity contribution in [3.05, 3.63) is 48.0 Å². The van der Waals surface area contributed by atoms with E-state index in [9.17, 15) is 4.79 Å². The van der Waals surface area contributed by atoms with E-state index >= 15 is 0 Å². The molecule has 3 rings (SSSR count). The van der Waals surface area contributed by atoms with E-state index in [2.05, 4.69) is 10.2 Å². The molecule has 1 amide bonds. The fourth-order valence-corrected chi connectivity index (χ4v) is 2.78. The van der Waals surface area contributed by atoms with Gasteiger partial charge in [0, 0.05) is 18.8 Å². The fourth-order valence-electron chi connectivity index (χ4n) is 2.78. The highest BCUT2D eigenvalue weighted by molar-refractivity contribution is 5.96. The lowest BCUT2D eigenvalue weighted by molar-refractivity contribution is -0.118. The smallest absolute Gasteiger partial charge is 0.262 e.